The highest BCUT2D eigenvalue weighted by Gasteiger charge is 2.61. The van der Waals surface area contributed by atoms with Gasteiger partial charge in [0.05, 0.1) is 5.92 Å². The first kappa shape index (κ1) is 17.1. The highest BCUT2D eigenvalue weighted by atomic mass is 35.5. The minimum absolute atomic E-state index is 0.00566. The fourth-order valence-electron chi connectivity index (χ4n) is 2.45. The Morgan fingerprint density at radius 1 is 1.50 bits per heavy atom. The van der Waals surface area contributed by atoms with Crippen molar-refractivity contribution in [2.75, 3.05) is 0 Å². The van der Waals surface area contributed by atoms with Gasteiger partial charge in [-0.25, -0.2) is 0 Å². The molecular weight excluding hydrogens is 295 g/mol. The summed E-state index contributed by atoms with van der Waals surface area (Å²) >= 11 is 11.3. The van der Waals surface area contributed by atoms with E-state index in [1.807, 2.05) is 33.8 Å². The van der Waals surface area contributed by atoms with Crippen molar-refractivity contribution in [1.82, 2.24) is 0 Å². The number of rotatable bonds is 5. The number of terminal acetylenes is 1. The highest BCUT2D eigenvalue weighted by Crippen LogP contribution is 2.60. The molecule has 0 N–H and O–H groups in total. The van der Waals surface area contributed by atoms with E-state index in [0.29, 0.717) is 0 Å². The molecule has 1 aliphatic carbocycles. The van der Waals surface area contributed by atoms with Crippen LogP contribution in [0.15, 0.2) is 22.2 Å². The summed E-state index contributed by atoms with van der Waals surface area (Å²) < 4.78 is 5.60. The van der Waals surface area contributed by atoms with Crippen molar-refractivity contribution < 1.29 is 9.53 Å². The van der Waals surface area contributed by atoms with Gasteiger partial charge in [0.2, 0.25) is 0 Å². The van der Waals surface area contributed by atoms with Crippen molar-refractivity contribution in [3.8, 4) is 12.3 Å². The van der Waals surface area contributed by atoms with Gasteiger partial charge in [-0.15, -0.1) is 6.42 Å². The highest BCUT2D eigenvalue weighted by molar-refractivity contribution is 6.55. The molecule has 0 radical (unpaired) electrons. The Bertz CT molecular complexity index is 479. The van der Waals surface area contributed by atoms with Crippen molar-refractivity contribution in [2.24, 2.45) is 17.3 Å². The molecule has 20 heavy (non-hydrogen) atoms. The van der Waals surface area contributed by atoms with Crippen LogP contribution in [0, 0.1) is 29.6 Å². The number of halogens is 2. The molecule has 0 aromatic rings. The second-order valence-electron chi connectivity index (χ2n) is 5.62. The lowest BCUT2D eigenvalue weighted by Gasteiger charge is -2.13. The van der Waals surface area contributed by atoms with Crippen molar-refractivity contribution in [3.63, 3.8) is 0 Å². The van der Waals surface area contributed by atoms with E-state index in [4.69, 9.17) is 34.4 Å². The molecule has 0 spiro atoms. The lowest BCUT2D eigenvalue weighted by Crippen LogP contribution is -2.20. The van der Waals surface area contributed by atoms with Gasteiger partial charge in [-0.2, -0.15) is 0 Å². The second kappa shape index (κ2) is 6.70. The van der Waals surface area contributed by atoms with Crippen molar-refractivity contribution in [3.05, 3.63) is 22.2 Å². The Balaban J connectivity index is 2.76. The molecular formula is C16H20Cl2O2. The lowest BCUT2D eigenvalue weighted by molar-refractivity contribution is -0.147. The summed E-state index contributed by atoms with van der Waals surface area (Å²) in [6.45, 7) is 7.84. The monoisotopic (exact) mass is 314 g/mol. The van der Waals surface area contributed by atoms with E-state index in [1.165, 1.54) is 0 Å². The molecule has 0 aliphatic heterocycles. The van der Waals surface area contributed by atoms with E-state index >= 15 is 0 Å². The number of ether oxygens (including phenoxy) is 1. The first-order valence-corrected chi connectivity index (χ1v) is 7.37. The van der Waals surface area contributed by atoms with Gasteiger partial charge in [-0.05, 0) is 36.3 Å². The van der Waals surface area contributed by atoms with Crippen LogP contribution in [0.5, 0.6) is 0 Å². The van der Waals surface area contributed by atoms with Gasteiger partial charge in [0.25, 0.3) is 0 Å². The van der Waals surface area contributed by atoms with Crippen molar-refractivity contribution >= 4 is 29.2 Å². The molecule has 0 amide bonds. The Morgan fingerprint density at radius 2 is 2.10 bits per heavy atom. The quantitative estimate of drug-likeness (QED) is 0.425. The molecule has 0 aromatic carbocycles. The number of allylic oxidation sites excluding steroid dienone is 2. The van der Waals surface area contributed by atoms with Gasteiger partial charge >= 0.3 is 5.97 Å². The number of hydrogen-bond acceptors (Lipinski definition) is 2. The zero-order valence-electron chi connectivity index (χ0n) is 12.2. The molecule has 0 heterocycles. The zero-order chi connectivity index (χ0) is 15.5. The van der Waals surface area contributed by atoms with Gasteiger partial charge in [0.1, 0.15) is 4.49 Å². The summed E-state index contributed by atoms with van der Waals surface area (Å²) in [6.07, 6.45) is 9.33. The maximum atomic E-state index is 12.2. The summed E-state index contributed by atoms with van der Waals surface area (Å²) in [7, 11) is 0. The van der Waals surface area contributed by atoms with Gasteiger partial charge in [0, 0.05) is 0 Å². The van der Waals surface area contributed by atoms with Crippen LogP contribution in [0.3, 0.4) is 0 Å². The summed E-state index contributed by atoms with van der Waals surface area (Å²) in [5.74, 6) is 1.96. The first-order chi connectivity index (χ1) is 9.25. The third-order valence-corrected chi connectivity index (χ3v) is 4.05. The Labute approximate surface area is 131 Å². The van der Waals surface area contributed by atoms with Crippen LogP contribution in [-0.4, -0.2) is 12.1 Å². The van der Waals surface area contributed by atoms with Crippen molar-refractivity contribution in [1.29, 1.82) is 0 Å². The minimum atomic E-state index is -0.602. The van der Waals surface area contributed by atoms with Gasteiger partial charge in [0.15, 0.2) is 6.10 Å². The first-order valence-electron chi connectivity index (χ1n) is 6.61. The number of carbonyl (C=O) groups is 1. The maximum absolute atomic E-state index is 12.2. The molecule has 0 saturated heterocycles. The number of esters is 1. The average molecular weight is 315 g/mol. The van der Waals surface area contributed by atoms with E-state index in [0.717, 1.165) is 12.0 Å². The fraction of sp³-hybridized carbons (Fsp3) is 0.562. The Kier molecular flexibility index (Phi) is 5.74. The second-order valence-corrected chi connectivity index (χ2v) is 6.63. The van der Waals surface area contributed by atoms with E-state index in [1.54, 1.807) is 6.08 Å². The Hall–Kier alpha value is -0.910. The number of hydrogen-bond donors (Lipinski definition) is 0. The van der Waals surface area contributed by atoms with E-state index < -0.39 is 6.10 Å². The third kappa shape index (κ3) is 3.81. The smallest absolute Gasteiger partial charge is 0.311 e. The predicted molar refractivity (Wildman–Crippen MR) is 83.3 cm³/mol. The van der Waals surface area contributed by atoms with Gasteiger partial charge in [-0.1, -0.05) is 56.0 Å². The van der Waals surface area contributed by atoms with Gasteiger partial charge in [-0.3, -0.25) is 4.79 Å². The van der Waals surface area contributed by atoms with Gasteiger partial charge < -0.3 is 4.74 Å². The predicted octanol–water partition coefficient (Wildman–Crippen LogP) is 4.48. The Morgan fingerprint density at radius 3 is 2.55 bits per heavy atom. The van der Waals surface area contributed by atoms with Crippen LogP contribution >= 0.6 is 23.2 Å². The van der Waals surface area contributed by atoms with Crippen molar-refractivity contribution in [2.45, 2.75) is 40.2 Å². The molecule has 4 heteroatoms. The molecule has 1 aliphatic rings. The summed E-state index contributed by atoms with van der Waals surface area (Å²) in [4.78, 5) is 12.2. The molecule has 1 saturated carbocycles. The normalized spacial score (nSPS) is 25.4. The van der Waals surface area contributed by atoms with E-state index in [2.05, 4.69) is 5.92 Å². The maximum Gasteiger partial charge on any atom is 0.311 e. The molecule has 1 unspecified atom stereocenters. The van der Waals surface area contributed by atoms with Crippen LogP contribution in [0.4, 0.5) is 0 Å². The van der Waals surface area contributed by atoms with Crippen LogP contribution in [0.1, 0.15) is 34.1 Å². The minimum Gasteiger partial charge on any atom is -0.444 e. The molecule has 3 atom stereocenters. The zero-order valence-corrected chi connectivity index (χ0v) is 13.8. The lowest BCUT2D eigenvalue weighted by atomic mass is 10.1. The molecule has 0 bridgehead atoms. The molecule has 1 fully saturated rings. The molecule has 110 valence electrons. The number of carbonyl (C=O) groups excluding carboxylic acids is 1. The standard InChI is InChI=1S/C16H20Cl2O2/c1-6-8-10(3)12(7-2)20-15(19)14-11(9-13(17)18)16(14,4)5/h2,8-9,11-12,14H,6H2,1,3-5H3/t11-,12?,14+/m1/s1. The molecule has 1 rings (SSSR count). The largest absolute Gasteiger partial charge is 0.444 e. The van der Waals surface area contributed by atoms with E-state index in [-0.39, 0.29) is 27.7 Å². The van der Waals surface area contributed by atoms with Crippen LogP contribution in [0.2, 0.25) is 0 Å². The topological polar surface area (TPSA) is 26.3 Å². The third-order valence-electron chi connectivity index (χ3n) is 3.80. The summed E-state index contributed by atoms with van der Waals surface area (Å²) in [5.41, 5.74) is 0.678. The van der Waals surface area contributed by atoms with E-state index in [9.17, 15) is 4.79 Å². The fourth-order valence-corrected chi connectivity index (χ4v) is 2.72. The SMILES string of the molecule is C#CC(OC(=O)[C@@H]1[C@@H](C=C(Cl)Cl)C1(C)C)C(C)=CCC. The summed E-state index contributed by atoms with van der Waals surface area (Å²) in [5, 5.41) is 0. The molecule has 0 aromatic heterocycles. The molecule has 2 nitrogen and oxygen atoms in total. The van der Waals surface area contributed by atoms with Crippen LogP contribution < -0.4 is 0 Å². The summed E-state index contributed by atoms with van der Waals surface area (Å²) in [6, 6.07) is 0. The van der Waals surface area contributed by atoms with Crippen LogP contribution in [-0.2, 0) is 9.53 Å². The van der Waals surface area contributed by atoms with Crippen LogP contribution in [0.25, 0.3) is 0 Å². The average Bonchev–Trinajstić information content (AvgIpc) is 2.86.